The van der Waals surface area contributed by atoms with Crippen molar-refractivity contribution in [2.45, 2.75) is 96.8 Å². The molecule has 0 unspecified atom stereocenters. The van der Waals surface area contributed by atoms with Crippen LogP contribution in [0.15, 0.2) is 52.2 Å². The van der Waals surface area contributed by atoms with Gasteiger partial charge in [0.25, 0.3) is 0 Å². The van der Waals surface area contributed by atoms with Gasteiger partial charge in [-0.2, -0.15) is 0 Å². The number of fused-ring (bicyclic) bond motifs is 1. The van der Waals surface area contributed by atoms with E-state index >= 15 is 0 Å². The Labute approximate surface area is 198 Å². The standard InChI is InChI=1S/C29H41FO3/c1-3-5-7-9-11-12-13-14-15-17-19-25-23-24-20-21-26(28(30)27(24)29(31)33-25)32-22-18-16-10-8-6-4-2/h4,10,16,20-21,23H,2-3,5-9,11-15,17-19,22H2,1H3/b16-10+. The van der Waals surface area contributed by atoms with E-state index in [0.717, 1.165) is 25.7 Å². The summed E-state index contributed by atoms with van der Waals surface area (Å²) >= 11 is 0. The molecule has 182 valence electrons. The molecule has 1 aromatic heterocycles. The van der Waals surface area contributed by atoms with Crippen molar-refractivity contribution in [1.29, 1.82) is 0 Å². The summed E-state index contributed by atoms with van der Waals surface area (Å²) in [4.78, 5) is 12.4. The average Bonchev–Trinajstić information content (AvgIpc) is 2.80. The molecular formula is C29H41FO3. The SMILES string of the molecule is C=CCC/C=C/CCOc1ccc2cc(CCCCCCCCCCCC)oc(=O)c2c1F. The zero-order valence-electron chi connectivity index (χ0n) is 20.4. The molecule has 0 spiro atoms. The van der Waals surface area contributed by atoms with Crippen LogP contribution in [0.2, 0.25) is 0 Å². The third-order valence-electron chi connectivity index (χ3n) is 5.91. The van der Waals surface area contributed by atoms with Gasteiger partial charge in [-0.3, -0.25) is 0 Å². The van der Waals surface area contributed by atoms with Crippen LogP contribution in [0.4, 0.5) is 4.39 Å². The van der Waals surface area contributed by atoms with Gasteiger partial charge in [0.2, 0.25) is 0 Å². The fraction of sp³-hybridized carbons (Fsp3) is 0.552. The second-order valence-electron chi connectivity index (χ2n) is 8.75. The Morgan fingerprint density at radius 1 is 0.939 bits per heavy atom. The molecular weight excluding hydrogens is 415 g/mol. The summed E-state index contributed by atoms with van der Waals surface area (Å²) in [7, 11) is 0. The number of hydrogen-bond acceptors (Lipinski definition) is 3. The molecule has 0 aliphatic rings. The normalized spacial score (nSPS) is 11.5. The summed E-state index contributed by atoms with van der Waals surface area (Å²) in [6.45, 7) is 6.29. The van der Waals surface area contributed by atoms with Gasteiger partial charge in [-0.25, -0.2) is 9.18 Å². The van der Waals surface area contributed by atoms with Crippen molar-refractivity contribution in [2.24, 2.45) is 0 Å². The number of allylic oxidation sites excluding steroid dienone is 2. The molecule has 0 aliphatic heterocycles. The fourth-order valence-corrected chi connectivity index (χ4v) is 3.98. The Morgan fingerprint density at radius 3 is 2.30 bits per heavy atom. The molecule has 0 amide bonds. The van der Waals surface area contributed by atoms with Gasteiger partial charge in [0.1, 0.15) is 11.1 Å². The molecule has 1 heterocycles. The van der Waals surface area contributed by atoms with E-state index in [4.69, 9.17) is 9.15 Å². The third-order valence-corrected chi connectivity index (χ3v) is 5.91. The quantitative estimate of drug-likeness (QED) is 0.166. The van der Waals surface area contributed by atoms with E-state index in [1.54, 1.807) is 18.2 Å². The maximum absolute atomic E-state index is 14.8. The number of ether oxygens (including phenoxy) is 1. The molecule has 33 heavy (non-hydrogen) atoms. The lowest BCUT2D eigenvalue weighted by Crippen LogP contribution is -2.07. The van der Waals surface area contributed by atoms with E-state index < -0.39 is 11.4 Å². The molecule has 2 rings (SSSR count). The number of rotatable bonds is 18. The van der Waals surface area contributed by atoms with Gasteiger partial charge >= 0.3 is 5.63 Å². The average molecular weight is 457 g/mol. The molecule has 0 aliphatic carbocycles. The van der Waals surface area contributed by atoms with Crippen molar-refractivity contribution < 1.29 is 13.5 Å². The van der Waals surface area contributed by atoms with Crippen molar-refractivity contribution in [3.8, 4) is 5.75 Å². The molecule has 0 radical (unpaired) electrons. The summed E-state index contributed by atoms with van der Waals surface area (Å²) in [6, 6.07) is 5.13. The van der Waals surface area contributed by atoms with Crippen LogP contribution >= 0.6 is 0 Å². The molecule has 3 nitrogen and oxygen atoms in total. The molecule has 0 fully saturated rings. The molecule has 0 saturated carbocycles. The fourth-order valence-electron chi connectivity index (χ4n) is 3.98. The topological polar surface area (TPSA) is 39.4 Å². The van der Waals surface area contributed by atoms with Crippen LogP contribution in [0.1, 0.15) is 96.2 Å². The molecule has 1 aromatic carbocycles. The zero-order valence-corrected chi connectivity index (χ0v) is 20.4. The first-order valence-electron chi connectivity index (χ1n) is 12.8. The number of benzene rings is 1. The molecule has 0 atom stereocenters. The Hall–Kier alpha value is -2.36. The summed E-state index contributed by atoms with van der Waals surface area (Å²) in [5.41, 5.74) is -0.623. The predicted octanol–water partition coefficient (Wildman–Crippen LogP) is 8.69. The van der Waals surface area contributed by atoms with Crippen LogP contribution < -0.4 is 10.4 Å². The van der Waals surface area contributed by atoms with Gasteiger partial charge < -0.3 is 9.15 Å². The van der Waals surface area contributed by atoms with Crippen molar-refractivity contribution >= 4 is 10.8 Å². The van der Waals surface area contributed by atoms with Gasteiger partial charge in [0.05, 0.1) is 6.61 Å². The number of unbranched alkanes of at least 4 members (excludes halogenated alkanes) is 10. The van der Waals surface area contributed by atoms with Gasteiger partial charge in [-0.1, -0.05) is 89.0 Å². The summed E-state index contributed by atoms with van der Waals surface area (Å²) in [5, 5.41) is 0.545. The molecule has 0 saturated heterocycles. The largest absolute Gasteiger partial charge is 0.490 e. The van der Waals surface area contributed by atoms with Crippen molar-refractivity contribution in [2.75, 3.05) is 6.61 Å². The van der Waals surface area contributed by atoms with Crippen LogP contribution in [-0.4, -0.2) is 6.61 Å². The van der Waals surface area contributed by atoms with Crippen LogP contribution in [0.5, 0.6) is 5.75 Å². The molecule has 2 aromatic rings. The monoisotopic (exact) mass is 456 g/mol. The van der Waals surface area contributed by atoms with E-state index in [1.165, 1.54) is 51.4 Å². The van der Waals surface area contributed by atoms with Gasteiger partial charge in [0.15, 0.2) is 11.6 Å². The maximum atomic E-state index is 14.8. The van der Waals surface area contributed by atoms with E-state index in [1.807, 2.05) is 12.2 Å². The Kier molecular flexibility index (Phi) is 13.3. The van der Waals surface area contributed by atoms with Crippen LogP contribution in [0.25, 0.3) is 10.8 Å². The lowest BCUT2D eigenvalue weighted by Gasteiger charge is -2.09. The van der Waals surface area contributed by atoms with Crippen molar-refractivity contribution in [1.82, 2.24) is 0 Å². The first kappa shape index (κ1) is 26.9. The second-order valence-corrected chi connectivity index (χ2v) is 8.75. The Bertz CT molecular complexity index is 913. The first-order chi connectivity index (χ1) is 16.2. The minimum absolute atomic E-state index is 0.0270. The number of hydrogen-bond donors (Lipinski definition) is 0. The summed E-state index contributed by atoms with van der Waals surface area (Å²) < 4.78 is 25.8. The van der Waals surface area contributed by atoms with Gasteiger partial charge in [0, 0.05) is 6.42 Å². The first-order valence-corrected chi connectivity index (χ1v) is 12.8. The molecule has 0 N–H and O–H groups in total. The van der Waals surface area contributed by atoms with E-state index in [0.29, 0.717) is 30.6 Å². The lowest BCUT2D eigenvalue weighted by molar-refractivity contribution is 0.309. The third kappa shape index (κ3) is 9.98. The maximum Gasteiger partial charge on any atom is 0.346 e. The van der Waals surface area contributed by atoms with Gasteiger partial charge in [-0.05, 0) is 43.2 Å². The predicted molar refractivity (Wildman–Crippen MR) is 137 cm³/mol. The lowest BCUT2D eigenvalue weighted by atomic mass is 10.0. The highest BCUT2D eigenvalue weighted by Gasteiger charge is 2.14. The van der Waals surface area contributed by atoms with Crippen molar-refractivity contribution in [3.63, 3.8) is 0 Å². The minimum Gasteiger partial charge on any atom is -0.490 e. The number of aryl methyl sites for hydroxylation is 1. The minimum atomic E-state index is -0.637. The highest BCUT2D eigenvalue weighted by molar-refractivity contribution is 5.83. The summed E-state index contributed by atoms with van der Waals surface area (Å²) in [6.07, 6.45) is 21.8. The van der Waals surface area contributed by atoms with E-state index in [-0.39, 0.29) is 11.1 Å². The Balaban J connectivity index is 1.79. The molecule has 0 bridgehead atoms. The van der Waals surface area contributed by atoms with E-state index in [9.17, 15) is 9.18 Å². The zero-order chi connectivity index (χ0) is 23.7. The molecule has 4 heteroatoms. The highest BCUT2D eigenvalue weighted by atomic mass is 19.1. The van der Waals surface area contributed by atoms with Gasteiger partial charge in [-0.15, -0.1) is 6.58 Å². The van der Waals surface area contributed by atoms with Crippen LogP contribution in [-0.2, 0) is 6.42 Å². The Morgan fingerprint density at radius 2 is 1.61 bits per heavy atom. The van der Waals surface area contributed by atoms with Crippen molar-refractivity contribution in [3.05, 3.63) is 65.0 Å². The number of halogens is 1. The van der Waals surface area contributed by atoms with Crippen LogP contribution in [0.3, 0.4) is 0 Å². The summed E-state index contributed by atoms with van der Waals surface area (Å²) in [5.74, 6) is 0.0869. The van der Waals surface area contributed by atoms with Crippen LogP contribution in [0, 0.1) is 5.82 Å². The smallest absolute Gasteiger partial charge is 0.346 e. The second kappa shape index (κ2) is 16.3. The van der Waals surface area contributed by atoms with E-state index in [2.05, 4.69) is 19.6 Å². The highest BCUT2D eigenvalue weighted by Crippen LogP contribution is 2.25.